The molecule has 1 aliphatic heterocycles. The van der Waals surface area contributed by atoms with Crippen LogP contribution in [0.2, 0.25) is 0 Å². The zero-order valence-corrected chi connectivity index (χ0v) is 16.2. The summed E-state index contributed by atoms with van der Waals surface area (Å²) in [5.41, 5.74) is 3.43. The summed E-state index contributed by atoms with van der Waals surface area (Å²) < 4.78 is 12.8. The molecule has 0 saturated carbocycles. The number of fused-ring (bicyclic) bond motifs is 5. The maximum atomic E-state index is 12.5. The number of benzene rings is 3. The van der Waals surface area contributed by atoms with Crippen LogP contribution in [0, 0.1) is 6.92 Å². The first-order chi connectivity index (χ1) is 13.1. The van der Waals surface area contributed by atoms with Gasteiger partial charge in [0, 0.05) is 15.5 Å². The van der Waals surface area contributed by atoms with Crippen molar-refractivity contribution in [2.24, 2.45) is 0 Å². The Morgan fingerprint density at radius 1 is 1.00 bits per heavy atom. The molecule has 0 spiro atoms. The monoisotopic (exact) mass is 421 g/mol. The Hall–Kier alpha value is -2.79. The van der Waals surface area contributed by atoms with Crippen LogP contribution in [0.1, 0.15) is 11.1 Å². The van der Waals surface area contributed by atoms with Crippen molar-refractivity contribution in [3.8, 4) is 5.75 Å². The predicted octanol–water partition coefficient (Wildman–Crippen LogP) is 5.37. The first-order valence-corrected chi connectivity index (χ1v) is 9.52. The maximum absolute atomic E-state index is 12.5. The average Bonchev–Trinajstić information content (AvgIpc) is 2.70. The molecular formula is C22H16BrNO3. The van der Waals surface area contributed by atoms with Crippen molar-refractivity contribution in [1.29, 1.82) is 0 Å². The zero-order valence-electron chi connectivity index (χ0n) is 14.7. The summed E-state index contributed by atoms with van der Waals surface area (Å²) in [5, 5.41) is 2.44. The van der Waals surface area contributed by atoms with Crippen LogP contribution in [0.4, 0.5) is 5.69 Å². The fourth-order valence-corrected chi connectivity index (χ4v) is 3.89. The quantitative estimate of drug-likeness (QED) is 0.306. The highest BCUT2D eigenvalue weighted by molar-refractivity contribution is 9.10. The molecule has 0 amide bonds. The molecule has 0 atom stereocenters. The molecule has 0 bridgehead atoms. The van der Waals surface area contributed by atoms with Gasteiger partial charge in [0.25, 0.3) is 0 Å². The van der Waals surface area contributed by atoms with Gasteiger partial charge in [-0.3, -0.25) is 0 Å². The molecule has 0 fully saturated rings. The van der Waals surface area contributed by atoms with Crippen molar-refractivity contribution >= 4 is 43.4 Å². The van der Waals surface area contributed by atoms with E-state index in [0.29, 0.717) is 24.2 Å². The molecule has 5 rings (SSSR count). The second kappa shape index (κ2) is 6.13. The highest BCUT2D eigenvalue weighted by Crippen LogP contribution is 2.36. The molecule has 2 heterocycles. The largest absolute Gasteiger partial charge is 0.473 e. The van der Waals surface area contributed by atoms with Crippen LogP contribution in [0.3, 0.4) is 0 Å². The number of nitrogens with zero attached hydrogens (tertiary/aromatic N) is 1. The van der Waals surface area contributed by atoms with E-state index < -0.39 is 0 Å². The van der Waals surface area contributed by atoms with Gasteiger partial charge in [0.05, 0.1) is 17.5 Å². The highest BCUT2D eigenvalue weighted by Gasteiger charge is 2.23. The molecule has 3 aromatic carbocycles. The van der Waals surface area contributed by atoms with E-state index in [-0.39, 0.29) is 5.63 Å². The van der Waals surface area contributed by atoms with Crippen molar-refractivity contribution in [3.63, 3.8) is 0 Å². The molecule has 1 aromatic heterocycles. The lowest BCUT2D eigenvalue weighted by Crippen LogP contribution is -2.32. The van der Waals surface area contributed by atoms with Crippen LogP contribution < -0.4 is 15.3 Å². The molecule has 27 heavy (non-hydrogen) atoms. The molecule has 134 valence electrons. The molecule has 1 aliphatic rings. The molecule has 4 nitrogen and oxygen atoms in total. The van der Waals surface area contributed by atoms with Crippen LogP contribution >= 0.6 is 15.9 Å². The van der Waals surface area contributed by atoms with Gasteiger partial charge in [-0.2, -0.15) is 0 Å². The van der Waals surface area contributed by atoms with Gasteiger partial charge in [-0.25, -0.2) is 4.79 Å². The van der Waals surface area contributed by atoms with E-state index in [1.165, 1.54) is 0 Å². The lowest BCUT2D eigenvalue weighted by atomic mass is 10.0. The number of aryl methyl sites for hydroxylation is 1. The number of ether oxygens (including phenoxy) is 1. The molecule has 0 radical (unpaired) electrons. The summed E-state index contributed by atoms with van der Waals surface area (Å²) in [6, 6.07) is 17.7. The van der Waals surface area contributed by atoms with Gasteiger partial charge in [0.2, 0.25) is 0 Å². The topological polar surface area (TPSA) is 42.7 Å². The minimum Gasteiger partial charge on any atom is -0.473 e. The molecule has 0 aliphatic carbocycles. The summed E-state index contributed by atoms with van der Waals surface area (Å²) in [6.07, 6.45) is 0. The van der Waals surface area contributed by atoms with Gasteiger partial charge >= 0.3 is 5.63 Å². The summed E-state index contributed by atoms with van der Waals surface area (Å²) in [7, 11) is 0. The van der Waals surface area contributed by atoms with Crippen LogP contribution in [-0.4, -0.2) is 6.73 Å². The van der Waals surface area contributed by atoms with Crippen LogP contribution in [0.5, 0.6) is 5.75 Å². The van der Waals surface area contributed by atoms with Crippen molar-refractivity contribution in [3.05, 3.63) is 80.6 Å². The van der Waals surface area contributed by atoms with E-state index in [1.807, 2.05) is 36.4 Å². The second-order valence-electron chi connectivity index (χ2n) is 6.76. The maximum Gasteiger partial charge on any atom is 0.344 e. The van der Waals surface area contributed by atoms with Crippen LogP contribution in [0.25, 0.3) is 21.7 Å². The molecular weight excluding hydrogens is 406 g/mol. The number of anilines is 1. The summed E-state index contributed by atoms with van der Waals surface area (Å²) in [4.78, 5) is 14.6. The Balaban J connectivity index is 1.68. The Morgan fingerprint density at radius 3 is 2.63 bits per heavy atom. The van der Waals surface area contributed by atoms with Gasteiger partial charge in [-0.15, -0.1) is 0 Å². The Kier molecular flexibility index (Phi) is 3.72. The zero-order chi connectivity index (χ0) is 18.5. The van der Waals surface area contributed by atoms with Crippen molar-refractivity contribution in [1.82, 2.24) is 0 Å². The summed E-state index contributed by atoms with van der Waals surface area (Å²) in [6.45, 7) is 3.14. The Labute approximate surface area is 164 Å². The SMILES string of the molecule is Cc1cc(N2COc3ccc4c(oc(=O)c5ccccc54)c3C2)ccc1Br. The minimum atomic E-state index is -0.317. The van der Waals surface area contributed by atoms with Crippen LogP contribution in [-0.2, 0) is 6.54 Å². The molecule has 0 unspecified atom stereocenters. The normalized spacial score (nSPS) is 13.6. The standard InChI is InChI=1S/C22H16BrNO3/c1-13-10-14(6-8-19(13)23)24-11-18-20(26-12-24)9-7-16-15-4-2-3-5-17(15)22(25)27-21(16)18/h2-10H,11-12H2,1H3. The van der Waals surface area contributed by atoms with Crippen LogP contribution in [0.15, 0.2) is 68.3 Å². The van der Waals surface area contributed by atoms with Crippen molar-refractivity contribution in [2.45, 2.75) is 13.5 Å². The smallest absolute Gasteiger partial charge is 0.344 e. The third-order valence-electron chi connectivity index (χ3n) is 5.08. The lowest BCUT2D eigenvalue weighted by molar-refractivity contribution is 0.289. The van der Waals surface area contributed by atoms with E-state index in [9.17, 15) is 4.79 Å². The fourth-order valence-electron chi connectivity index (χ4n) is 3.64. The molecule has 0 saturated heterocycles. The Morgan fingerprint density at radius 2 is 1.81 bits per heavy atom. The Bertz CT molecular complexity index is 1260. The first kappa shape index (κ1) is 16.4. The average molecular weight is 422 g/mol. The van der Waals surface area contributed by atoms with Crippen molar-refractivity contribution < 1.29 is 9.15 Å². The van der Waals surface area contributed by atoms with Gasteiger partial charge in [0.1, 0.15) is 11.3 Å². The second-order valence-corrected chi connectivity index (χ2v) is 7.61. The number of rotatable bonds is 1. The summed E-state index contributed by atoms with van der Waals surface area (Å²) >= 11 is 3.54. The molecule has 4 aromatic rings. The fraction of sp³-hybridized carbons (Fsp3) is 0.136. The van der Waals surface area contributed by atoms with E-state index in [0.717, 1.165) is 37.8 Å². The number of hydrogen-bond donors (Lipinski definition) is 0. The third kappa shape index (κ3) is 2.61. The van der Waals surface area contributed by atoms with Gasteiger partial charge in [-0.05, 0) is 54.3 Å². The third-order valence-corrected chi connectivity index (χ3v) is 5.97. The lowest BCUT2D eigenvalue weighted by Gasteiger charge is -2.31. The summed E-state index contributed by atoms with van der Waals surface area (Å²) in [5.74, 6) is 0.769. The molecule has 5 heteroatoms. The van der Waals surface area contributed by atoms with E-state index in [1.54, 1.807) is 6.07 Å². The van der Waals surface area contributed by atoms with E-state index in [2.05, 4.69) is 39.9 Å². The van der Waals surface area contributed by atoms with Gasteiger partial charge in [0.15, 0.2) is 6.73 Å². The molecule has 0 N–H and O–H groups in total. The highest BCUT2D eigenvalue weighted by atomic mass is 79.9. The van der Waals surface area contributed by atoms with E-state index in [4.69, 9.17) is 9.15 Å². The van der Waals surface area contributed by atoms with Gasteiger partial charge < -0.3 is 14.1 Å². The first-order valence-electron chi connectivity index (χ1n) is 8.73. The van der Waals surface area contributed by atoms with E-state index >= 15 is 0 Å². The number of hydrogen-bond acceptors (Lipinski definition) is 4. The number of halogens is 1. The van der Waals surface area contributed by atoms with Gasteiger partial charge in [-0.1, -0.05) is 34.1 Å². The minimum absolute atomic E-state index is 0.317. The predicted molar refractivity (Wildman–Crippen MR) is 111 cm³/mol. The van der Waals surface area contributed by atoms with Crippen molar-refractivity contribution in [2.75, 3.05) is 11.6 Å².